The summed E-state index contributed by atoms with van der Waals surface area (Å²) in [6.07, 6.45) is -4.75. The van der Waals surface area contributed by atoms with Crippen molar-refractivity contribution in [1.29, 1.82) is 0 Å². The molecule has 1 saturated heterocycles. The number of nitrogens with zero attached hydrogens (tertiary/aromatic N) is 1. The van der Waals surface area contributed by atoms with E-state index in [1.807, 2.05) is 27.7 Å². The number of carbonyl (C=O) groups excluding carboxylic acids is 4. The summed E-state index contributed by atoms with van der Waals surface area (Å²) in [7, 11) is 0. The molecule has 4 atom stereocenters. The lowest BCUT2D eigenvalue weighted by Crippen LogP contribution is -2.58. The molecular weight excluding hydrogens is 429 g/mol. The van der Waals surface area contributed by atoms with Crippen LogP contribution in [-0.4, -0.2) is 60.0 Å². The highest BCUT2D eigenvalue weighted by molar-refractivity contribution is 5.93. The number of halogens is 3. The summed E-state index contributed by atoms with van der Waals surface area (Å²) in [6, 6.07) is -0.901. The van der Waals surface area contributed by atoms with E-state index in [-0.39, 0.29) is 29.7 Å². The van der Waals surface area contributed by atoms with Crippen LogP contribution in [0.15, 0.2) is 12.7 Å². The minimum absolute atomic E-state index is 0.0239. The molecule has 0 aromatic rings. The van der Waals surface area contributed by atoms with Gasteiger partial charge in [0.05, 0.1) is 6.54 Å². The van der Waals surface area contributed by atoms with Gasteiger partial charge in [-0.2, -0.15) is 13.2 Å². The number of fused-ring (bicyclic) bond motifs is 1. The Bertz CT molecular complexity index is 752. The first-order valence-corrected chi connectivity index (χ1v) is 10.6. The van der Waals surface area contributed by atoms with E-state index in [1.165, 1.54) is 4.90 Å². The van der Waals surface area contributed by atoms with E-state index in [9.17, 15) is 32.3 Å². The Kier molecular flexibility index (Phi) is 8.88. The number of rotatable bonds is 7. The zero-order valence-electron chi connectivity index (χ0n) is 19.3. The number of likely N-dealkylation sites (tertiary alicyclic amines) is 1. The molecule has 2 aliphatic rings. The molecular formula is C21H33F3N4O4. The number of hydrogen-bond acceptors (Lipinski definition) is 4. The van der Waals surface area contributed by atoms with Crippen molar-refractivity contribution < 1.29 is 32.3 Å². The zero-order valence-corrected chi connectivity index (χ0v) is 19.3. The van der Waals surface area contributed by atoms with Crippen LogP contribution in [0.4, 0.5) is 13.2 Å². The first-order valence-electron chi connectivity index (χ1n) is 10.6. The van der Waals surface area contributed by atoms with Gasteiger partial charge < -0.3 is 20.9 Å². The van der Waals surface area contributed by atoms with Crippen molar-refractivity contribution in [3.63, 3.8) is 0 Å². The van der Waals surface area contributed by atoms with Crippen molar-refractivity contribution in [2.45, 2.75) is 59.9 Å². The van der Waals surface area contributed by atoms with Crippen molar-refractivity contribution >= 4 is 23.6 Å². The fourth-order valence-corrected chi connectivity index (χ4v) is 4.02. The second kappa shape index (κ2) is 10.4. The average Bonchev–Trinajstić information content (AvgIpc) is 3.06. The Hall–Kier alpha value is -2.59. The lowest BCUT2D eigenvalue weighted by atomic mass is 10.00. The quantitative estimate of drug-likeness (QED) is 0.394. The number of piperidine rings is 1. The average molecular weight is 463 g/mol. The predicted octanol–water partition coefficient (Wildman–Crippen LogP) is 1.57. The molecule has 0 spiro atoms. The zero-order chi connectivity index (χ0) is 25.0. The molecule has 2 unspecified atom stereocenters. The second-order valence-corrected chi connectivity index (χ2v) is 8.57. The summed E-state index contributed by atoms with van der Waals surface area (Å²) >= 11 is 0. The standard InChI is InChI=1S/C19H27F3N4O4.C2H6/c1-6-11(27)24-15(9(2)3)25-16(29)14-13-10(18(13,4)5)8-26(14)12(28)7-23-17(30)19(20,21)22;1-2/h6,9-10,13-15H,1,7-8H2,2-5H3,(H,23,30)(H,24,27)(H,25,29);1-2H3/t10?,13-,14-,15?;/m0./s1. The van der Waals surface area contributed by atoms with Crippen LogP contribution in [0.1, 0.15) is 41.5 Å². The Balaban J connectivity index is 0.00000249. The van der Waals surface area contributed by atoms with Crippen LogP contribution in [0.3, 0.4) is 0 Å². The Morgan fingerprint density at radius 1 is 1.16 bits per heavy atom. The number of amides is 4. The normalized spacial score (nSPS) is 23.8. The molecule has 0 aromatic carbocycles. The van der Waals surface area contributed by atoms with E-state index in [2.05, 4.69) is 17.2 Å². The summed E-state index contributed by atoms with van der Waals surface area (Å²) in [4.78, 5) is 49.3. The van der Waals surface area contributed by atoms with Crippen molar-refractivity contribution in [2.75, 3.05) is 13.1 Å². The van der Waals surface area contributed by atoms with E-state index in [4.69, 9.17) is 0 Å². The summed E-state index contributed by atoms with van der Waals surface area (Å²) in [5.41, 5.74) is -0.203. The molecule has 0 bridgehead atoms. The highest BCUT2D eigenvalue weighted by Crippen LogP contribution is 2.64. The number of nitrogens with one attached hydrogen (secondary N) is 3. The summed E-state index contributed by atoms with van der Waals surface area (Å²) in [5, 5.41) is 6.86. The fraction of sp³-hybridized carbons (Fsp3) is 0.714. The van der Waals surface area contributed by atoms with Gasteiger partial charge in [-0.05, 0) is 29.2 Å². The van der Waals surface area contributed by atoms with E-state index >= 15 is 0 Å². The van der Waals surface area contributed by atoms with Gasteiger partial charge in [0.1, 0.15) is 12.2 Å². The molecule has 182 valence electrons. The molecule has 8 nitrogen and oxygen atoms in total. The molecule has 4 amide bonds. The predicted molar refractivity (Wildman–Crippen MR) is 112 cm³/mol. The third kappa shape index (κ3) is 6.01. The molecule has 1 heterocycles. The smallest absolute Gasteiger partial charge is 0.339 e. The number of alkyl halides is 3. The minimum Gasteiger partial charge on any atom is -0.339 e. The monoisotopic (exact) mass is 462 g/mol. The van der Waals surface area contributed by atoms with Crippen molar-refractivity contribution in [3.05, 3.63) is 12.7 Å². The van der Waals surface area contributed by atoms with Gasteiger partial charge in [0.25, 0.3) is 0 Å². The fourth-order valence-electron chi connectivity index (χ4n) is 4.02. The summed E-state index contributed by atoms with van der Waals surface area (Å²) in [6.45, 7) is 14.2. The highest BCUT2D eigenvalue weighted by Gasteiger charge is 2.69. The first-order chi connectivity index (χ1) is 14.7. The Morgan fingerprint density at radius 2 is 1.72 bits per heavy atom. The maximum absolute atomic E-state index is 13.0. The van der Waals surface area contributed by atoms with Crippen LogP contribution in [0, 0.1) is 23.2 Å². The van der Waals surface area contributed by atoms with Gasteiger partial charge in [-0.3, -0.25) is 19.2 Å². The van der Waals surface area contributed by atoms with Crippen molar-refractivity contribution in [2.24, 2.45) is 23.2 Å². The largest absolute Gasteiger partial charge is 0.471 e. The lowest BCUT2D eigenvalue weighted by Gasteiger charge is -2.32. The van der Waals surface area contributed by atoms with Crippen LogP contribution in [-0.2, 0) is 19.2 Å². The molecule has 1 aliphatic carbocycles. The number of hydrogen-bond donors (Lipinski definition) is 3. The van der Waals surface area contributed by atoms with Gasteiger partial charge in [0, 0.05) is 6.54 Å². The van der Waals surface area contributed by atoms with Gasteiger partial charge in [-0.1, -0.05) is 48.1 Å². The topological polar surface area (TPSA) is 108 Å². The highest BCUT2D eigenvalue weighted by atomic mass is 19.4. The van der Waals surface area contributed by atoms with Crippen LogP contribution in [0.5, 0.6) is 0 Å². The second-order valence-electron chi connectivity index (χ2n) is 8.57. The lowest BCUT2D eigenvalue weighted by molar-refractivity contribution is -0.174. The van der Waals surface area contributed by atoms with Gasteiger partial charge in [-0.25, -0.2) is 0 Å². The molecule has 0 aromatic heterocycles. The van der Waals surface area contributed by atoms with Crippen molar-refractivity contribution in [3.8, 4) is 0 Å². The third-order valence-corrected chi connectivity index (χ3v) is 5.90. The number of carbonyl (C=O) groups is 4. The minimum atomic E-state index is -5.10. The Labute approximate surface area is 186 Å². The van der Waals surface area contributed by atoms with Gasteiger partial charge in [0.2, 0.25) is 17.7 Å². The van der Waals surface area contributed by atoms with Gasteiger partial charge in [0.15, 0.2) is 0 Å². The first kappa shape index (κ1) is 27.4. The molecule has 2 fully saturated rings. The summed E-state index contributed by atoms with van der Waals surface area (Å²) in [5.74, 6) is -4.28. The maximum atomic E-state index is 13.0. The van der Waals surface area contributed by atoms with Gasteiger partial charge >= 0.3 is 12.1 Å². The van der Waals surface area contributed by atoms with Crippen LogP contribution < -0.4 is 16.0 Å². The molecule has 2 rings (SSSR count). The van der Waals surface area contributed by atoms with Crippen LogP contribution in [0.2, 0.25) is 0 Å². The molecule has 11 heteroatoms. The maximum Gasteiger partial charge on any atom is 0.471 e. The van der Waals surface area contributed by atoms with E-state index in [1.54, 1.807) is 19.2 Å². The molecule has 1 aliphatic heterocycles. The SMILES string of the molecule is C=CC(=O)NC(NC(=O)[C@@H]1[C@@H]2C(CN1C(=O)CNC(=O)C(F)(F)F)C2(C)C)C(C)C.CC. The van der Waals surface area contributed by atoms with Crippen LogP contribution in [0.25, 0.3) is 0 Å². The van der Waals surface area contributed by atoms with E-state index < -0.39 is 48.6 Å². The van der Waals surface area contributed by atoms with Crippen molar-refractivity contribution in [1.82, 2.24) is 20.9 Å². The molecule has 1 saturated carbocycles. The third-order valence-electron chi connectivity index (χ3n) is 5.90. The summed E-state index contributed by atoms with van der Waals surface area (Å²) < 4.78 is 37.1. The van der Waals surface area contributed by atoms with Gasteiger partial charge in [-0.15, -0.1) is 0 Å². The molecule has 3 N–H and O–H groups in total. The molecule has 0 radical (unpaired) electrons. The Morgan fingerprint density at radius 3 is 2.19 bits per heavy atom. The van der Waals surface area contributed by atoms with E-state index in [0.29, 0.717) is 0 Å². The van der Waals surface area contributed by atoms with E-state index in [0.717, 1.165) is 6.08 Å². The van der Waals surface area contributed by atoms with Crippen LogP contribution >= 0.6 is 0 Å². The molecule has 32 heavy (non-hydrogen) atoms.